The number of imidazole rings is 1. The second-order valence-corrected chi connectivity index (χ2v) is 7.41. The molecule has 0 bridgehead atoms. The molecular weight excluding hydrogens is 390 g/mol. The van der Waals surface area contributed by atoms with Crippen LogP contribution in [0.15, 0.2) is 16.0 Å². The maximum atomic E-state index is 11.4. The summed E-state index contributed by atoms with van der Waals surface area (Å²) < 4.78 is 6.96. The van der Waals surface area contributed by atoms with E-state index in [0.29, 0.717) is 29.0 Å². The zero-order chi connectivity index (χ0) is 20.5. The van der Waals surface area contributed by atoms with Crippen LogP contribution >= 0.6 is 0 Å². The Morgan fingerprint density at radius 3 is 2.87 bits per heavy atom. The number of ether oxygens (including phenoxy) is 1. The van der Waals surface area contributed by atoms with Crippen molar-refractivity contribution in [3.63, 3.8) is 0 Å². The Hall–Kier alpha value is -3.25. The fourth-order valence-corrected chi connectivity index (χ4v) is 3.31. The molecule has 5 rings (SSSR count). The SMILES string of the molecule is O=c1[nH]c(O)c(C=c2cnn3c(=NC4CC4)nc(NCCN4CCOCC4)nc23)[nH]1. The molecule has 1 saturated heterocycles. The van der Waals surface area contributed by atoms with Crippen LogP contribution in [0, 0.1) is 0 Å². The predicted molar refractivity (Wildman–Crippen MR) is 107 cm³/mol. The normalized spacial score (nSPS) is 19.1. The van der Waals surface area contributed by atoms with E-state index >= 15 is 0 Å². The van der Waals surface area contributed by atoms with Crippen molar-refractivity contribution in [3.8, 4) is 5.88 Å². The number of H-pyrrole nitrogens is 2. The van der Waals surface area contributed by atoms with Crippen LogP contribution in [0.2, 0.25) is 0 Å². The summed E-state index contributed by atoms with van der Waals surface area (Å²) in [7, 11) is 0. The van der Waals surface area contributed by atoms with E-state index in [1.165, 1.54) is 0 Å². The zero-order valence-electron chi connectivity index (χ0n) is 16.3. The van der Waals surface area contributed by atoms with Crippen molar-refractivity contribution >= 4 is 17.7 Å². The number of nitrogens with zero attached hydrogens (tertiary/aromatic N) is 6. The van der Waals surface area contributed by atoms with E-state index < -0.39 is 5.69 Å². The highest BCUT2D eigenvalue weighted by Crippen LogP contribution is 2.22. The third-order valence-electron chi connectivity index (χ3n) is 5.07. The number of hydrogen-bond donors (Lipinski definition) is 4. The highest BCUT2D eigenvalue weighted by Gasteiger charge is 2.21. The molecule has 1 aliphatic carbocycles. The van der Waals surface area contributed by atoms with Gasteiger partial charge in [0.05, 0.1) is 25.5 Å². The van der Waals surface area contributed by atoms with E-state index in [-0.39, 0.29) is 17.6 Å². The molecule has 1 saturated carbocycles. The van der Waals surface area contributed by atoms with Crippen LogP contribution in [0.5, 0.6) is 5.88 Å². The highest BCUT2D eigenvalue weighted by molar-refractivity contribution is 5.57. The summed E-state index contributed by atoms with van der Waals surface area (Å²) in [6.45, 7) is 4.92. The van der Waals surface area contributed by atoms with Crippen LogP contribution in [-0.4, -0.2) is 85.0 Å². The van der Waals surface area contributed by atoms with Crippen LogP contribution in [0.3, 0.4) is 0 Å². The third-order valence-corrected chi connectivity index (χ3v) is 5.07. The Bertz CT molecular complexity index is 1220. The van der Waals surface area contributed by atoms with Crippen LogP contribution in [0.4, 0.5) is 5.95 Å². The van der Waals surface area contributed by atoms with Gasteiger partial charge in [-0.2, -0.15) is 19.6 Å². The quantitative estimate of drug-likeness (QED) is 0.370. The molecule has 0 spiro atoms. The Balaban J connectivity index is 1.48. The number of morpholine rings is 1. The summed E-state index contributed by atoms with van der Waals surface area (Å²) in [4.78, 5) is 32.4. The Labute approximate surface area is 170 Å². The van der Waals surface area contributed by atoms with Gasteiger partial charge in [0.2, 0.25) is 11.8 Å². The van der Waals surface area contributed by atoms with Gasteiger partial charge in [-0.15, -0.1) is 0 Å². The molecule has 3 aromatic rings. The van der Waals surface area contributed by atoms with Gasteiger partial charge < -0.3 is 20.1 Å². The minimum atomic E-state index is -0.486. The molecule has 0 aromatic carbocycles. The van der Waals surface area contributed by atoms with Gasteiger partial charge in [-0.25, -0.2) is 9.79 Å². The molecule has 30 heavy (non-hydrogen) atoms. The second-order valence-electron chi connectivity index (χ2n) is 7.41. The van der Waals surface area contributed by atoms with Crippen molar-refractivity contribution in [2.75, 3.05) is 44.7 Å². The zero-order valence-corrected chi connectivity index (χ0v) is 16.3. The van der Waals surface area contributed by atoms with Crippen LogP contribution in [0.1, 0.15) is 18.5 Å². The molecule has 0 radical (unpaired) electrons. The van der Waals surface area contributed by atoms with Gasteiger partial charge in [-0.3, -0.25) is 9.88 Å². The van der Waals surface area contributed by atoms with Crippen molar-refractivity contribution in [2.24, 2.45) is 4.99 Å². The molecular formula is C18H23N9O3. The van der Waals surface area contributed by atoms with E-state index in [2.05, 4.69) is 40.2 Å². The minimum Gasteiger partial charge on any atom is -0.493 e. The summed E-state index contributed by atoms with van der Waals surface area (Å²) in [5.41, 5.74) is 0.804. The van der Waals surface area contributed by atoms with Crippen molar-refractivity contribution in [3.05, 3.63) is 33.2 Å². The Morgan fingerprint density at radius 1 is 1.30 bits per heavy atom. The van der Waals surface area contributed by atoms with E-state index in [9.17, 15) is 9.90 Å². The molecule has 3 aromatic heterocycles. The summed E-state index contributed by atoms with van der Waals surface area (Å²) in [6, 6.07) is 0.269. The fraction of sp³-hybridized carbons (Fsp3) is 0.500. The number of hydrogen-bond acceptors (Lipinski definition) is 9. The lowest BCUT2D eigenvalue weighted by Crippen LogP contribution is -2.39. The van der Waals surface area contributed by atoms with Crippen molar-refractivity contribution in [1.82, 2.24) is 34.4 Å². The summed E-state index contributed by atoms with van der Waals surface area (Å²) >= 11 is 0. The van der Waals surface area contributed by atoms with Gasteiger partial charge in [0.1, 0.15) is 5.69 Å². The average Bonchev–Trinajstić information content (AvgIpc) is 3.37. The smallest absolute Gasteiger partial charge is 0.326 e. The van der Waals surface area contributed by atoms with E-state index in [1.54, 1.807) is 16.8 Å². The number of nitrogens with one attached hydrogen (secondary N) is 3. The lowest BCUT2D eigenvalue weighted by molar-refractivity contribution is 0.0398. The van der Waals surface area contributed by atoms with Crippen LogP contribution in [0.25, 0.3) is 11.7 Å². The molecule has 4 heterocycles. The first-order chi connectivity index (χ1) is 14.7. The van der Waals surface area contributed by atoms with Crippen LogP contribution in [-0.2, 0) is 4.74 Å². The monoisotopic (exact) mass is 413 g/mol. The fourth-order valence-electron chi connectivity index (χ4n) is 3.31. The number of anilines is 1. The highest BCUT2D eigenvalue weighted by atomic mass is 16.5. The summed E-state index contributed by atoms with van der Waals surface area (Å²) in [6.07, 6.45) is 5.31. The molecule has 0 amide bonds. The second kappa shape index (κ2) is 7.88. The standard InChI is InChI=1S/C18H23N9O3/c28-15-13(22-18(29)24-15)9-11-10-20-27-14(11)23-16(25-17(27)21-12-1-2-12)19-3-4-26-5-7-30-8-6-26/h9-10,12,28H,1-8H2,(H,19,21,25)(H2,22,24,29). The number of fused-ring (bicyclic) bond motifs is 1. The number of aromatic amines is 2. The topological polar surface area (TPSA) is 149 Å². The van der Waals surface area contributed by atoms with Crippen molar-refractivity contribution < 1.29 is 9.84 Å². The minimum absolute atomic E-state index is 0.236. The predicted octanol–water partition coefficient (Wildman–Crippen LogP) is -1.80. The van der Waals surface area contributed by atoms with Gasteiger partial charge in [-0.05, 0) is 18.9 Å². The first kappa shape index (κ1) is 18.8. The number of rotatable bonds is 6. The molecule has 0 atom stereocenters. The van der Waals surface area contributed by atoms with E-state index in [1.807, 2.05) is 0 Å². The average molecular weight is 413 g/mol. The van der Waals surface area contributed by atoms with Gasteiger partial charge >= 0.3 is 5.69 Å². The summed E-state index contributed by atoms with van der Waals surface area (Å²) in [5, 5.41) is 18.1. The van der Waals surface area contributed by atoms with Crippen LogP contribution < -0.4 is 21.8 Å². The maximum absolute atomic E-state index is 11.4. The molecule has 0 unspecified atom stereocenters. The van der Waals surface area contributed by atoms with Gasteiger partial charge in [0.25, 0.3) is 5.62 Å². The molecule has 2 fully saturated rings. The van der Waals surface area contributed by atoms with Crippen molar-refractivity contribution in [1.29, 1.82) is 0 Å². The summed E-state index contributed by atoms with van der Waals surface area (Å²) in [5.74, 6) is 0.234. The number of aromatic hydroxyl groups is 1. The number of aromatic nitrogens is 6. The van der Waals surface area contributed by atoms with E-state index in [0.717, 1.165) is 45.7 Å². The van der Waals surface area contributed by atoms with E-state index in [4.69, 9.17) is 4.74 Å². The lowest BCUT2D eigenvalue weighted by atomic mass is 10.3. The van der Waals surface area contributed by atoms with Crippen molar-refractivity contribution in [2.45, 2.75) is 18.9 Å². The lowest BCUT2D eigenvalue weighted by Gasteiger charge is -2.26. The molecule has 12 heteroatoms. The first-order valence-corrected chi connectivity index (χ1v) is 10.0. The molecule has 158 valence electrons. The van der Waals surface area contributed by atoms with Gasteiger partial charge in [0, 0.05) is 31.4 Å². The van der Waals surface area contributed by atoms with Gasteiger partial charge in [0.15, 0.2) is 5.65 Å². The molecule has 1 aliphatic heterocycles. The molecule has 12 nitrogen and oxygen atoms in total. The first-order valence-electron chi connectivity index (χ1n) is 10.0. The Morgan fingerprint density at radius 2 is 2.13 bits per heavy atom. The van der Waals surface area contributed by atoms with Gasteiger partial charge in [-0.1, -0.05) is 0 Å². The maximum Gasteiger partial charge on any atom is 0.326 e. The Kier molecular flexibility index (Phi) is 4.93. The largest absolute Gasteiger partial charge is 0.493 e. The molecule has 4 N–H and O–H groups in total. The molecule has 2 aliphatic rings. The third kappa shape index (κ3) is 4.04.